The van der Waals surface area contributed by atoms with Gasteiger partial charge in [0, 0.05) is 11.8 Å². The Balaban J connectivity index is 2.46. The summed E-state index contributed by atoms with van der Waals surface area (Å²) in [5, 5.41) is 0. The smallest absolute Gasteiger partial charge is 0.174 e. The fraction of sp³-hybridized carbons (Fsp3) is 0.100. The number of rotatable bonds is 2. The zero-order valence-corrected chi connectivity index (χ0v) is 10.4. The van der Waals surface area contributed by atoms with Gasteiger partial charge in [0.2, 0.25) is 0 Å². The first kappa shape index (κ1) is 10.4. The molecule has 15 heavy (non-hydrogen) atoms. The number of H-pyrrole nitrogens is 2. The Morgan fingerprint density at radius 2 is 2.20 bits per heavy atom. The number of nitrogens with one attached hydrogen (secondary N) is 2. The normalized spacial score (nSPS) is 10.3. The molecule has 0 atom stereocenters. The Kier molecular flexibility index (Phi) is 2.93. The quantitative estimate of drug-likeness (QED) is 0.829. The highest BCUT2D eigenvalue weighted by atomic mass is 79.9. The van der Waals surface area contributed by atoms with Crippen LogP contribution >= 0.6 is 28.1 Å². The molecule has 0 amide bonds. The largest absolute Gasteiger partial charge is 0.496 e. The number of hydrogen-bond acceptors (Lipinski definition) is 2. The monoisotopic (exact) mass is 284 g/mol. The molecule has 78 valence electrons. The molecule has 0 unspecified atom stereocenters. The average Bonchev–Trinajstić information content (AvgIpc) is 2.65. The van der Waals surface area contributed by atoms with Crippen molar-refractivity contribution in [2.75, 3.05) is 7.11 Å². The Labute approximate surface area is 101 Å². The molecule has 0 aliphatic carbocycles. The number of benzene rings is 1. The SMILES string of the molecule is COc1ccc(-c2c[nH]c(=S)[nH]2)cc1Br. The van der Waals surface area contributed by atoms with Gasteiger partial charge in [0.25, 0.3) is 0 Å². The van der Waals surface area contributed by atoms with Gasteiger partial charge in [-0.3, -0.25) is 0 Å². The molecule has 0 bridgehead atoms. The van der Waals surface area contributed by atoms with E-state index in [1.54, 1.807) is 7.11 Å². The van der Waals surface area contributed by atoms with Gasteiger partial charge in [-0.15, -0.1) is 0 Å². The van der Waals surface area contributed by atoms with Gasteiger partial charge in [0.05, 0.1) is 17.3 Å². The van der Waals surface area contributed by atoms with Crippen molar-refractivity contribution >= 4 is 28.1 Å². The Morgan fingerprint density at radius 1 is 1.40 bits per heavy atom. The van der Waals surface area contributed by atoms with Gasteiger partial charge in [0.1, 0.15) is 5.75 Å². The summed E-state index contributed by atoms with van der Waals surface area (Å²) in [6.07, 6.45) is 1.84. The summed E-state index contributed by atoms with van der Waals surface area (Å²) in [4.78, 5) is 5.98. The molecular formula is C10H9BrN2OS. The summed E-state index contributed by atoms with van der Waals surface area (Å²) in [6, 6.07) is 5.86. The second-order valence-electron chi connectivity index (χ2n) is 3.01. The lowest BCUT2D eigenvalue weighted by molar-refractivity contribution is 0.412. The zero-order chi connectivity index (χ0) is 10.8. The number of methoxy groups -OCH3 is 1. The van der Waals surface area contributed by atoms with Gasteiger partial charge in [-0.25, -0.2) is 0 Å². The summed E-state index contributed by atoms with van der Waals surface area (Å²) in [5.74, 6) is 0.813. The van der Waals surface area contributed by atoms with Crippen molar-refractivity contribution in [3.05, 3.63) is 33.6 Å². The summed E-state index contributed by atoms with van der Waals surface area (Å²) < 4.78 is 6.70. The number of aromatic nitrogens is 2. The first-order valence-corrected chi connectivity index (χ1v) is 5.52. The molecule has 0 aliphatic heterocycles. The molecule has 0 radical (unpaired) electrons. The van der Waals surface area contributed by atoms with E-state index in [0.29, 0.717) is 4.77 Å². The number of ether oxygens (including phenoxy) is 1. The van der Waals surface area contributed by atoms with E-state index in [9.17, 15) is 0 Å². The lowest BCUT2D eigenvalue weighted by Crippen LogP contribution is -1.85. The summed E-state index contributed by atoms with van der Waals surface area (Å²) >= 11 is 8.40. The van der Waals surface area contributed by atoms with Crippen molar-refractivity contribution in [3.63, 3.8) is 0 Å². The molecule has 2 aromatic rings. The van der Waals surface area contributed by atoms with Crippen LogP contribution in [0.25, 0.3) is 11.3 Å². The summed E-state index contributed by atoms with van der Waals surface area (Å²) in [6.45, 7) is 0. The van der Waals surface area contributed by atoms with Crippen LogP contribution in [0.3, 0.4) is 0 Å². The van der Waals surface area contributed by atoms with Crippen LogP contribution in [0.15, 0.2) is 28.9 Å². The lowest BCUT2D eigenvalue weighted by Gasteiger charge is -2.04. The van der Waals surface area contributed by atoms with Crippen LogP contribution in [0, 0.1) is 4.77 Å². The molecule has 1 aromatic carbocycles. The van der Waals surface area contributed by atoms with Crippen molar-refractivity contribution < 1.29 is 4.74 Å². The first-order chi connectivity index (χ1) is 7.20. The van der Waals surface area contributed by atoms with E-state index in [2.05, 4.69) is 25.9 Å². The van der Waals surface area contributed by atoms with E-state index < -0.39 is 0 Å². The molecule has 1 aromatic heterocycles. The van der Waals surface area contributed by atoms with Crippen molar-refractivity contribution in [1.29, 1.82) is 0 Å². The topological polar surface area (TPSA) is 40.8 Å². The lowest BCUT2D eigenvalue weighted by atomic mass is 10.2. The molecule has 3 nitrogen and oxygen atoms in total. The maximum Gasteiger partial charge on any atom is 0.174 e. The maximum atomic E-state index is 5.16. The Hall–Kier alpha value is -1.07. The highest BCUT2D eigenvalue weighted by Crippen LogP contribution is 2.29. The third-order valence-electron chi connectivity index (χ3n) is 2.06. The van der Waals surface area contributed by atoms with Crippen LogP contribution in [-0.4, -0.2) is 17.1 Å². The minimum Gasteiger partial charge on any atom is -0.496 e. The van der Waals surface area contributed by atoms with Gasteiger partial charge in [0.15, 0.2) is 4.77 Å². The molecule has 0 aliphatic rings. The second kappa shape index (κ2) is 4.20. The van der Waals surface area contributed by atoms with E-state index in [-0.39, 0.29) is 0 Å². The standard InChI is InChI=1S/C10H9BrN2OS/c1-14-9-3-2-6(4-7(9)11)8-5-12-10(15)13-8/h2-5H,1H3,(H2,12,13,15). The molecule has 2 rings (SSSR count). The van der Waals surface area contributed by atoms with E-state index in [1.165, 1.54) is 0 Å². The van der Waals surface area contributed by atoms with Gasteiger partial charge in [-0.05, 0) is 46.3 Å². The van der Waals surface area contributed by atoms with Crippen LogP contribution in [0.2, 0.25) is 0 Å². The number of hydrogen-bond donors (Lipinski definition) is 2. The number of aromatic amines is 2. The molecule has 0 spiro atoms. The third-order valence-corrected chi connectivity index (χ3v) is 2.90. The number of halogens is 1. The van der Waals surface area contributed by atoms with Gasteiger partial charge >= 0.3 is 0 Å². The fourth-order valence-corrected chi connectivity index (χ4v) is 2.03. The van der Waals surface area contributed by atoms with Crippen molar-refractivity contribution in [2.45, 2.75) is 0 Å². The third kappa shape index (κ3) is 2.13. The van der Waals surface area contributed by atoms with Crippen LogP contribution in [0.5, 0.6) is 5.75 Å². The Morgan fingerprint density at radius 3 is 2.73 bits per heavy atom. The van der Waals surface area contributed by atoms with Gasteiger partial charge in [-0.2, -0.15) is 0 Å². The zero-order valence-electron chi connectivity index (χ0n) is 8.00. The number of imidazole rings is 1. The van der Waals surface area contributed by atoms with Gasteiger partial charge in [-0.1, -0.05) is 0 Å². The van der Waals surface area contributed by atoms with Crippen LogP contribution in [-0.2, 0) is 0 Å². The van der Waals surface area contributed by atoms with E-state index in [4.69, 9.17) is 17.0 Å². The Bertz CT molecular complexity index is 532. The van der Waals surface area contributed by atoms with E-state index in [1.807, 2.05) is 24.4 Å². The van der Waals surface area contributed by atoms with E-state index in [0.717, 1.165) is 21.5 Å². The second-order valence-corrected chi connectivity index (χ2v) is 4.27. The maximum absolute atomic E-state index is 5.16. The summed E-state index contributed by atoms with van der Waals surface area (Å²) in [7, 11) is 1.64. The first-order valence-electron chi connectivity index (χ1n) is 4.32. The van der Waals surface area contributed by atoms with Crippen LogP contribution in [0.4, 0.5) is 0 Å². The predicted molar refractivity (Wildman–Crippen MR) is 65.7 cm³/mol. The van der Waals surface area contributed by atoms with Crippen molar-refractivity contribution in [2.24, 2.45) is 0 Å². The highest BCUT2D eigenvalue weighted by Gasteiger charge is 2.03. The fourth-order valence-electron chi connectivity index (χ4n) is 1.32. The van der Waals surface area contributed by atoms with Crippen LogP contribution in [0.1, 0.15) is 0 Å². The van der Waals surface area contributed by atoms with Crippen molar-refractivity contribution in [3.8, 4) is 17.0 Å². The van der Waals surface area contributed by atoms with Crippen LogP contribution < -0.4 is 4.74 Å². The molecule has 2 N–H and O–H groups in total. The molecule has 0 saturated carbocycles. The molecular weight excluding hydrogens is 276 g/mol. The van der Waals surface area contributed by atoms with Crippen molar-refractivity contribution in [1.82, 2.24) is 9.97 Å². The molecule has 0 saturated heterocycles. The molecule has 5 heteroatoms. The molecule has 1 heterocycles. The minimum absolute atomic E-state index is 0.622. The molecule has 0 fully saturated rings. The summed E-state index contributed by atoms with van der Waals surface area (Å²) in [5.41, 5.74) is 2.01. The average molecular weight is 285 g/mol. The minimum atomic E-state index is 0.622. The van der Waals surface area contributed by atoms with E-state index >= 15 is 0 Å². The predicted octanol–water partition coefficient (Wildman–Crippen LogP) is 3.51. The highest BCUT2D eigenvalue weighted by molar-refractivity contribution is 9.10. The van der Waals surface area contributed by atoms with Gasteiger partial charge < -0.3 is 14.7 Å².